The standard InChI is InChI=1S/C11H13BrN2O4/c1-5(15)14-10-7(18-2)4-3-6(12)8(10)9(13)11(16)17/h3-4,9H,13H2,1-2H3,(H,14,15)(H,16,17). The monoisotopic (exact) mass is 316 g/mol. The van der Waals surface area contributed by atoms with E-state index < -0.39 is 12.0 Å². The number of carbonyl (C=O) groups is 2. The lowest BCUT2D eigenvalue weighted by molar-refractivity contribution is -0.138. The van der Waals surface area contributed by atoms with Gasteiger partial charge in [0, 0.05) is 17.0 Å². The highest BCUT2D eigenvalue weighted by Gasteiger charge is 2.24. The lowest BCUT2D eigenvalue weighted by atomic mass is 10.0. The zero-order chi connectivity index (χ0) is 13.9. The first kappa shape index (κ1) is 14.5. The number of halogens is 1. The van der Waals surface area contributed by atoms with Crippen molar-refractivity contribution in [1.82, 2.24) is 0 Å². The molecule has 4 N–H and O–H groups in total. The fourth-order valence-corrected chi connectivity index (χ4v) is 2.05. The average molecular weight is 317 g/mol. The quantitative estimate of drug-likeness (QED) is 0.781. The number of aliphatic carboxylic acids is 1. The topological polar surface area (TPSA) is 102 Å². The summed E-state index contributed by atoms with van der Waals surface area (Å²) in [7, 11) is 1.42. The number of carboxylic acids is 1. The van der Waals surface area contributed by atoms with Gasteiger partial charge in [-0.15, -0.1) is 0 Å². The first-order chi connectivity index (χ1) is 8.38. The summed E-state index contributed by atoms with van der Waals surface area (Å²) < 4.78 is 5.58. The highest BCUT2D eigenvalue weighted by molar-refractivity contribution is 9.10. The summed E-state index contributed by atoms with van der Waals surface area (Å²) in [5.41, 5.74) is 6.12. The van der Waals surface area contributed by atoms with Gasteiger partial charge in [0.2, 0.25) is 5.91 Å². The van der Waals surface area contributed by atoms with Crippen molar-refractivity contribution in [2.24, 2.45) is 5.73 Å². The molecule has 1 unspecified atom stereocenters. The zero-order valence-electron chi connectivity index (χ0n) is 9.86. The van der Waals surface area contributed by atoms with Crippen LogP contribution in [0.15, 0.2) is 16.6 Å². The summed E-state index contributed by atoms with van der Waals surface area (Å²) in [6, 6.07) is 1.95. The van der Waals surface area contributed by atoms with Crippen molar-refractivity contribution in [1.29, 1.82) is 0 Å². The molecule has 1 atom stereocenters. The number of benzene rings is 1. The van der Waals surface area contributed by atoms with Crippen molar-refractivity contribution in [3.05, 3.63) is 22.2 Å². The molecule has 0 aromatic heterocycles. The van der Waals surface area contributed by atoms with E-state index in [1.54, 1.807) is 12.1 Å². The Kier molecular flexibility index (Phi) is 4.69. The fourth-order valence-electron chi connectivity index (χ4n) is 1.48. The van der Waals surface area contributed by atoms with Crippen LogP contribution in [0.1, 0.15) is 18.5 Å². The zero-order valence-corrected chi connectivity index (χ0v) is 11.4. The van der Waals surface area contributed by atoms with Crippen LogP contribution in [0, 0.1) is 0 Å². The number of methoxy groups -OCH3 is 1. The maximum absolute atomic E-state index is 11.2. The summed E-state index contributed by atoms with van der Waals surface area (Å²) in [6.07, 6.45) is 0. The second-order valence-corrected chi connectivity index (χ2v) is 4.39. The third-order valence-electron chi connectivity index (χ3n) is 2.25. The van der Waals surface area contributed by atoms with Gasteiger partial charge in [-0.2, -0.15) is 0 Å². The number of nitrogens with two attached hydrogens (primary N) is 1. The third kappa shape index (κ3) is 2.99. The van der Waals surface area contributed by atoms with Gasteiger partial charge in [-0.1, -0.05) is 15.9 Å². The van der Waals surface area contributed by atoms with E-state index in [-0.39, 0.29) is 17.2 Å². The molecule has 0 aliphatic heterocycles. The van der Waals surface area contributed by atoms with E-state index in [0.29, 0.717) is 10.2 Å². The highest BCUT2D eigenvalue weighted by Crippen LogP contribution is 2.37. The van der Waals surface area contributed by atoms with Gasteiger partial charge in [0.25, 0.3) is 0 Å². The van der Waals surface area contributed by atoms with Gasteiger partial charge < -0.3 is 20.9 Å². The number of rotatable bonds is 4. The van der Waals surface area contributed by atoms with Crippen LogP contribution in [-0.4, -0.2) is 24.1 Å². The van der Waals surface area contributed by atoms with E-state index in [1.165, 1.54) is 14.0 Å². The van der Waals surface area contributed by atoms with E-state index in [4.69, 9.17) is 15.6 Å². The number of nitrogens with one attached hydrogen (secondary N) is 1. The van der Waals surface area contributed by atoms with Gasteiger partial charge in [0.15, 0.2) is 0 Å². The molecule has 1 amide bonds. The van der Waals surface area contributed by atoms with E-state index in [9.17, 15) is 9.59 Å². The molecule has 7 heteroatoms. The first-order valence-electron chi connectivity index (χ1n) is 5.00. The minimum absolute atomic E-state index is 0.259. The van der Waals surface area contributed by atoms with Crippen LogP contribution < -0.4 is 15.8 Å². The molecular weight excluding hydrogens is 304 g/mol. The van der Waals surface area contributed by atoms with Crippen molar-refractivity contribution in [2.45, 2.75) is 13.0 Å². The molecule has 6 nitrogen and oxygen atoms in total. The molecule has 98 valence electrons. The van der Waals surface area contributed by atoms with Crippen molar-refractivity contribution in [3.8, 4) is 5.75 Å². The Balaban J connectivity index is 3.44. The Morgan fingerprint density at radius 2 is 2.11 bits per heavy atom. The number of ether oxygens (including phenoxy) is 1. The van der Waals surface area contributed by atoms with Gasteiger partial charge in [-0.3, -0.25) is 9.59 Å². The Bertz CT molecular complexity index is 490. The summed E-state index contributed by atoms with van der Waals surface area (Å²) in [5.74, 6) is -1.19. The molecule has 1 aromatic rings. The largest absolute Gasteiger partial charge is 0.495 e. The van der Waals surface area contributed by atoms with Crippen molar-refractivity contribution >= 4 is 33.5 Å². The first-order valence-corrected chi connectivity index (χ1v) is 5.80. The molecule has 0 aliphatic carbocycles. The number of hydrogen-bond acceptors (Lipinski definition) is 4. The Labute approximate surface area is 112 Å². The number of amides is 1. The predicted molar refractivity (Wildman–Crippen MR) is 69.6 cm³/mol. The average Bonchev–Trinajstić information content (AvgIpc) is 2.28. The van der Waals surface area contributed by atoms with Crippen LogP contribution >= 0.6 is 15.9 Å². The molecule has 0 saturated heterocycles. The Hall–Kier alpha value is -1.60. The molecule has 18 heavy (non-hydrogen) atoms. The van der Waals surface area contributed by atoms with Crippen LogP contribution in [0.4, 0.5) is 5.69 Å². The van der Waals surface area contributed by atoms with E-state index in [0.717, 1.165) is 0 Å². The van der Waals surface area contributed by atoms with E-state index in [1.807, 2.05) is 0 Å². The Morgan fingerprint density at radius 1 is 1.50 bits per heavy atom. The van der Waals surface area contributed by atoms with E-state index >= 15 is 0 Å². The number of anilines is 1. The molecule has 0 heterocycles. The summed E-state index contributed by atoms with van der Waals surface area (Å²) in [4.78, 5) is 22.2. The second kappa shape index (κ2) is 5.83. The smallest absolute Gasteiger partial charge is 0.325 e. The normalized spacial score (nSPS) is 11.8. The van der Waals surface area contributed by atoms with Crippen molar-refractivity contribution in [3.63, 3.8) is 0 Å². The molecule has 0 saturated carbocycles. The summed E-state index contributed by atoms with van der Waals surface area (Å²) in [5, 5.41) is 11.5. The van der Waals surface area contributed by atoms with Gasteiger partial charge >= 0.3 is 5.97 Å². The van der Waals surface area contributed by atoms with Gasteiger partial charge in [0.1, 0.15) is 11.8 Å². The molecule has 1 aromatic carbocycles. The maximum Gasteiger partial charge on any atom is 0.325 e. The van der Waals surface area contributed by atoms with E-state index in [2.05, 4.69) is 21.2 Å². The third-order valence-corrected chi connectivity index (χ3v) is 2.94. The van der Waals surface area contributed by atoms with Crippen molar-refractivity contribution < 1.29 is 19.4 Å². The van der Waals surface area contributed by atoms with Crippen molar-refractivity contribution in [2.75, 3.05) is 12.4 Å². The number of hydrogen-bond donors (Lipinski definition) is 3. The molecule has 0 bridgehead atoms. The lowest BCUT2D eigenvalue weighted by Crippen LogP contribution is -2.23. The van der Waals surface area contributed by atoms with Crippen LogP contribution in [0.2, 0.25) is 0 Å². The molecule has 1 rings (SSSR count). The minimum Gasteiger partial charge on any atom is -0.495 e. The SMILES string of the molecule is COc1ccc(Br)c(C(N)C(=O)O)c1NC(C)=O. The van der Waals surface area contributed by atoms with Crippen LogP contribution in [0.25, 0.3) is 0 Å². The van der Waals surface area contributed by atoms with Gasteiger partial charge in [-0.25, -0.2) is 0 Å². The van der Waals surface area contributed by atoms with Crippen LogP contribution in [0.3, 0.4) is 0 Å². The molecular formula is C11H13BrN2O4. The molecule has 0 radical (unpaired) electrons. The summed E-state index contributed by atoms with van der Waals surface area (Å²) in [6.45, 7) is 1.32. The van der Waals surface area contributed by atoms with Crippen LogP contribution in [-0.2, 0) is 9.59 Å². The number of carbonyl (C=O) groups excluding carboxylic acids is 1. The van der Waals surface area contributed by atoms with Gasteiger partial charge in [-0.05, 0) is 12.1 Å². The maximum atomic E-state index is 11.2. The predicted octanol–water partition coefficient (Wildman–Crippen LogP) is 1.50. The lowest BCUT2D eigenvalue weighted by Gasteiger charge is -2.18. The molecule has 0 spiro atoms. The summed E-state index contributed by atoms with van der Waals surface area (Å²) >= 11 is 3.22. The van der Waals surface area contributed by atoms with Gasteiger partial charge in [0.05, 0.1) is 12.8 Å². The minimum atomic E-state index is -1.27. The highest BCUT2D eigenvalue weighted by atomic mass is 79.9. The second-order valence-electron chi connectivity index (χ2n) is 3.54. The van der Waals surface area contributed by atoms with Crippen LogP contribution in [0.5, 0.6) is 5.75 Å². The molecule has 0 aliphatic rings. The fraction of sp³-hybridized carbons (Fsp3) is 0.273. The Morgan fingerprint density at radius 3 is 2.56 bits per heavy atom. The molecule has 0 fully saturated rings. The number of carboxylic acid groups (broad SMARTS) is 1.